The highest BCUT2D eigenvalue weighted by Gasteiger charge is 2.39. The number of rotatable bonds is 7. The van der Waals surface area contributed by atoms with E-state index in [0.717, 1.165) is 17.7 Å². The summed E-state index contributed by atoms with van der Waals surface area (Å²) in [4.78, 5) is 40.2. The van der Waals surface area contributed by atoms with Crippen LogP contribution in [0.2, 0.25) is 0 Å². The van der Waals surface area contributed by atoms with Crippen LogP contribution in [0.15, 0.2) is 60.7 Å². The molecule has 226 valence electrons. The number of nitrogens with zero attached hydrogens (tertiary/aromatic N) is 1. The molecule has 0 aromatic heterocycles. The lowest BCUT2D eigenvalue weighted by Crippen LogP contribution is -2.53. The van der Waals surface area contributed by atoms with Crippen molar-refractivity contribution < 1.29 is 37.4 Å². The summed E-state index contributed by atoms with van der Waals surface area (Å²) >= 11 is 0. The fourth-order valence-electron chi connectivity index (χ4n) is 5.29. The van der Waals surface area contributed by atoms with Crippen LogP contribution in [0.1, 0.15) is 35.2 Å². The molecule has 0 saturated carbocycles. The number of ether oxygens (including phenoxy) is 3. The molecule has 0 bridgehead atoms. The number of amides is 4. The Kier molecular flexibility index (Phi) is 9.05. The molecule has 2 heterocycles. The summed E-state index contributed by atoms with van der Waals surface area (Å²) < 4.78 is 44.2. The zero-order valence-electron chi connectivity index (χ0n) is 23.7. The molecule has 3 atom stereocenters. The van der Waals surface area contributed by atoms with Gasteiger partial charge < -0.3 is 35.1 Å². The average Bonchev–Trinajstić information content (AvgIpc) is 3.00. The smallest absolute Gasteiger partial charge is 0.323 e. The number of para-hydroxylation sites is 1. The van der Waals surface area contributed by atoms with Gasteiger partial charge in [0.25, 0.3) is 5.91 Å². The van der Waals surface area contributed by atoms with Gasteiger partial charge in [0.1, 0.15) is 24.2 Å². The Hall–Kier alpha value is -4.71. The number of carbonyl (C=O) groups is 3. The van der Waals surface area contributed by atoms with Crippen LogP contribution in [0.25, 0.3) is 0 Å². The predicted molar refractivity (Wildman–Crippen MR) is 154 cm³/mol. The van der Waals surface area contributed by atoms with Gasteiger partial charge in [0.2, 0.25) is 5.91 Å². The zero-order chi connectivity index (χ0) is 30.5. The van der Waals surface area contributed by atoms with E-state index in [-0.39, 0.29) is 48.2 Å². The lowest BCUT2D eigenvalue weighted by atomic mass is 9.94. The molecule has 43 heavy (non-hydrogen) atoms. The fourth-order valence-corrected chi connectivity index (χ4v) is 5.29. The number of carbonyl (C=O) groups excluding carboxylic acids is 3. The number of urea groups is 1. The van der Waals surface area contributed by atoms with Crippen molar-refractivity contribution in [1.29, 1.82) is 0 Å². The second-order valence-electron chi connectivity index (χ2n) is 10.4. The maximum Gasteiger partial charge on any atom is 0.323 e. The molecule has 1 fully saturated rings. The number of nitrogens with one attached hydrogen (secondary N) is 3. The minimum atomic E-state index is -1.09. The molecule has 0 spiro atoms. The minimum Gasteiger partial charge on any atom is -0.496 e. The third-order valence-corrected chi connectivity index (χ3v) is 7.53. The molecule has 4 amide bonds. The lowest BCUT2D eigenvalue weighted by Gasteiger charge is -2.42. The van der Waals surface area contributed by atoms with Crippen molar-refractivity contribution in [1.82, 2.24) is 10.2 Å². The Morgan fingerprint density at radius 1 is 1.00 bits per heavy atom. The van der Waals surface area contributed by atoms with Gasteiger partial charge in [-0.15, -0.1) is 0 Å². The summed E-state index contributed by atoms with van der Waals surface area (Å²) in [7, 11) is 3.27. The first kappa shape index (κ1) is 29.8. The topological polar surface area (TPSA) is 118 Å². The SMILES string of the molecule is COc1ccccc1CNC(=O)C[C@H]1CC[C@H]2[C@@H](COc3ccc(NC(=O)Nc4ccc(F)c(F)c4)cc3C(=O)N2C)O1. The maximum atomic E-state index is 13.5. The Labute approximate surface area is 247 Å². The van der Waals surface area contributed by atoms with Crippen LogP contribution in [0, 0.1) is 11.6 Å². The third kappa shape index (κ3) is 7.03. The highest BCUT2D eigenvalue weighted by Crippen LogP contribution is 2.32. The first-order valence-corrected chi connectivity index (χ1v) is 13.8. The summed E-state index contributed by atoms with van der Waals surface area (Å²) in [6.45, 7) is 0.500. The van der Waals surface area contributed by atoms with Gasteiger partial charge in [-0.05, 0) is 49.2 Å². The molecule has 10 nitrogen and oxygen atoms in total. The van der Waals surface area contributed by atoms with E-state index in [1.807, 2.05) is 24.3 Å². The second kappa shape index (κ2) is 13.1. The number of halogens is 2. The molecule has 2 aliphatic rings. The third-order valence-electron chi connectivity index (χ3n) is 7.53. The Morgan fingerprint density at radius 3 is 2.51 bits per heavy atom. The van der Waals surface area contributed by atoms with Gasteiger partial charge in [0.15, 0.2) is 11.6 Å². The van der Waals surface area contributed by atoms with Crippen LogP contribution in [0.3, 0.4) is 0 Å². The van der Waals surface area contributed by atoms with E-state index in [0.29, 0.717) is 36.6 Å². The van der Waals surface area contributed by atoms with Crippen molar-refractivity contribution >= 4 is 29.2 Å². The number of hydrogen-bond acceptors (Lipinski definition) is 6. The molecule has 0 aliphatic carbocycles. The normalized spacial score (nSPS) is 19.6. The van der Waals surface area contributed by atoms with Crippen LogP contribution in [-0.2, 0) is 16.1 Å². The quantitative estimate of drug-likeness (QED) is 0.365. The number of fused-ring (bicyclic) bond motifs is 2. The monoisotopic (exact) mass is 594 g/mol. The highest BCUT2D eigenvalue weighted by molar-refractivity contribution is 6.02. The van der Waals surface area contributed by atoms with Crippen LogP contribution in [0.4, 0.5) is 25.0 Å². The number of benzene rings is 3. The van der Waals surface area contributed by atoms with Gasteiger partial charge in [-0.25, -0.2) is 13.6 Å². The summed E-state index contributed by atoms with van der Waals surface area (Å²) in [6.07, 6.45) is 0.602. The standard InChI is InChI=1S/C31H32F2N4O6/c1-37-25-11-9-21(15-29(38)34-16-18-5-3-4-6-26(18)41-2)43-28(25)17-42-27-12-8-19(13-22(27)30(37)39)35-31(40)36-20-7-10-23(32)24(33)14-20/h3-8,10,12-14,21,25,28H,9,11,15-17H2,1-2H3,(H,34,38)(H2,35,36,40)/t21-,25+,28-/m1/s1. The minimum absolute atomic E-state index is 0.0670. The van der Waals surface area contributed by atoms with Crippen molar-refractivity contribution in [3.63, 3.8) is 0 Å². The Bertz CT molecular complexity index is 1520. The van der Waals surface area contributed by atoms with Crippen molar-refractivity contribution in [2.45, 2.75) is 44.1 Å². The molecule has 5 rings (SSSR count). The molecule has 0 radical (unpaired) electrons. The molecule has 3 aromatic rings. The van der Waals surface area contributed by atoms with Crippen molar-refractivity contribution in [2.75, 3.05) is 31.4 Å². The first-order valence-electron chi connectivity index (χ1n) is 13.8. The maximum absolute atomic E-state index is 13.5. The second-order valence-corrected chi connectivity index (χ2v) is 10.4. The average molecular weight is 595 g/mol. The molecule has 0 unspecified atom stereocenters. The number of anilines is 2. The number of likely N-dealkylation sites (N-methyl/N-ethyl adjacent to an activating group) is 1. The zero-order valence-corrected chi connectivity index (χ0v) is 23.7. The number of hydrogen-bond donors (Lipinski definition) is 3. The summed E-state index contributed by atoms with van der Waals surface area (Å²) in [5.41, 5.74) is 1.50. The largest absolute Gasteiger partial charge is 0.496 e. The van der Waals surface area contributed by atoms with E-state index < -0.39 is 23.8 Å². The van der Waals surface area contributed by atoms with Gasteiger partial charge in [0, 0.05) is 36.6 Å². The number of methoxy groups -OCH3 is 1. The molecule has 3 N–H and O–H groups in total. The molecule has 3 aromatic carbocycles. The van der Waals surface area contributed by atoms with Crippen LogP contribution < -0.4 is 25.4 Å². The molecule has 2 aliphatic heterocycles. The van der Waals surface area contributed by atoms with E-state index in [9.17, 15) is 23.2 Å². The van der Waals surface area contributed by atoms with E-state index in [1.165, 1.54) is 12.1 Å². The van der Waals surface area contributed by atoms with Crippen molar-refractivity contribution in [3.05, 3.63) is 83.4 Å². The van der Waals surface area contributed by atoms with Crippen molar-refractivity contribution in [2.24, 2.45) is 0 Å². The van der Waals surface area contributed by atoms with Gasteiger partial charge in [0.05, 0.1) is 31.2 Å². The first-order chi connectivity index (χ1) is 20.7. The van der Waals surface area contributed by atoms with Crippen LogP contribution in [-0.4, -0.2) is 61.8 Å². The van der Waals surface area contributed by atoms with Gasteiger partial charge in [-0.2, -0.15) is 0 Å². The van der Waals surface area contributed by atoms with Gasteiger partial charge in [-0.1, -0.05) is 18.2 Å². The van der Waals surface area contributed by atoms with Gasteiger partial charge in [-0.3, -0.25) is 9.59 Å². The summed E-state index contributed by atoms with van der Waals surface area (Å²) in [5.74, 6) is -1.56. The molecular formula is C31H32F2N4O6. The van der Waals surface area contributed by atoms with Gasteiger partial charge >= 0.3 is 6.03 Å². The lowest BCUT2D eigenvalue weighted by molar-refractivity contribution is -0.134. The summed E-state index contributed by atoms with van der Waals surface area (Å²) in [6, 6.07) is 14.1. The summed E-state index contributed by atoms with van der Waals surface area (Å²) in [5, 5.41) is 7.93. The van der Waals surface area contributed by atoms with E-state index in [1.54, 1.807) is 31.2 Å². The van der Waals surface area contributed by atoms with E-state index in [2.05, 4.69) is 16.0 Å². The molecule has 12 heteroatoms. The predicted octanol–water partition coefficient (Wildman–Crippen LogP) is 4.70. The highest BCUT2D eigenvalue weighted by atomic mass is 19.2. The van der Waals surface area contributed by atoms with Crippen molar-refractivity contribution in [3.8, 4) is 11.5 Å². The van der Waals surface area contributed by atoms with Crippen LogP contribution in [0.5, 0.6) is 11.5 Å². The van der Waals surface area contributed by atoms with Crippen LogP contribution >= 0.6 is 0 Å². The Morgan fingerprint density at radius 2 is 1.74 bits per heavy atom. The molecule has 1 saturated heterocycles. The fraction of sp³-hybridized carbons (Fsp3) is 0.323. The molecular weight excluding hydrogens is 562 g/mol. The van der Waals surface area contributed by atoms with E-state index in [4.69, 9.17) is 14.2 Å². The Balaban J connectivity index is 1.19. The van der Waals surface area contributed by atoms with E-state index >= 15 is 0 Å².